The predicted octanol–water partition coefficient (Wildman–Crippen LogP) is 2.78. The topological polar surface area (TPSA) is 49.5 Å². The molecule has 0 amide bonds. The van der Waals surface area contributed by atoms with E-state index in [0.717, 1.165) is 49.5 Å². The molecular weight excluding hydrogens is 252 g/mol. The third-order valence-electron chi connectivity index (χ3n) is 3.86. The van der Waals surface area contributed by atoms with Crippen LogP contribution in [0.15, 0.2) is 28.7 Å². The van der Waals surface area contributed by atoms with Crippen LogP contribution in [0.25, 0.3) is 11.1 Å². The minimum absolute atomic E-state index is 0.403. The molecule has 2 aromatic rings. The maximum absolute atomic E-state index is 9.88. The zero-order valence-corrected chi connectivity index (χ0v) is 12.2. The fraction of sp³-hybridized carbons (Fsp3) is 0.562. The Kier molecular flexibility index (Phi) is 3.52. The van der Waals surface area contributed by atoms with Gasteiger partial charge < -0.3 is 14.4 Å². The van der Waals surface area contributed by atoms with Gasteiger partial charge in [-0.3, -0.25) is 0 Å². The Morgan fingerprint density at radius 2 is 2.00 bits per heavy atom. The van der Waals surface area contributed by atoms with E-state index in [0.29, 0.717) is 5.92 Å². The summed E-state index contributed by atoms with van der Waals surface area (Å²) in [5.74, 6) is 1.27. The summed E-state index contributed by atoms with van der Waals surface area (Å²) in [4.78, 5) is 6.92. The fourth-order valence-electron chi connectivity index (χ4n) is 2.95. The number of β-amino-alcohol motifs (C(OH)–C–C–N with tert-alkyl or cyclic N) is 1. The lowest BCUT2D eigenvalue weighted by Gasteiger charge is -2.34. The summed E-state index contributed by atoms with van der Waals surface area (Å²) in [6.07, 6.45) is 2.09. The molecule has 0 bridgehead atoms. The van der Waals surface area contributed by atoms with Crippen molar-refractivity contribution in [3.63, 3.8) is 0 Å². The van der Waals surface area contributed by atoms with Gasteiger partial charge in [-0.1, -0.05) is 12.1 Å². The predicted molar refractivity (Wildman–Crippen MR) is 78.7 cm³/mol. The summed E-state index contributed by atoms with van der Waals surface area (Å²) in [6, 6.07) is 7.92. The first-order chi connectivity index (χ1) is 9.51. The van der Waals surface area contributed by atoms with Gasteiger partial charge in [0.15, 0.2) is 11.5 Å². The molecule has 3 rings (SSSR count). The number of oxazole rings is 1. The van der Waals surface area contributed by atoms with Crippen molar-refractivity contribution in [3.05, 3.63) is 30.2 Å². The zero-order chi connectivity index (χ0) is 14.2. The van der Waals surface area contributed by atoms with Crippen LogP contribution in [0.1, 0.15) is 38.5 Å². The number of fused-ring (bicyclic) bond motifs is 1. The number of benzene rings is 1. The smallest absolute Gasteiger partial charge is 0.198 e. The van der Waals surface area contributed by atoms with Gasteiger partial charge in [-0.2, -0.15) is 0 Å². The van der Waals surface area contributed by atoms with Gasteiger partial charge in [0.25, 0.3) is 0 Å². The van der Waals surface area contributed by atoms with Crippen LogP contribution in [-0.2, 0) is 0 Å². The monoisotopic (exact) mass is 274 g/mol. The normalized spacial score (nSPS) is 18.8. The second-order valence-corrected chi connectivity index (χ2v) is 6.38. The van der Waals surface area contributed by atoms with Crippen LogP contribution in [0.2, 0.25) is 0 Å². The number of para-hydroxylation sites is 2. The molecule has 1 aliphatic heterocycles. The maximum Gasteiger partial charge on any atom is 0.198 e. The zero-order valence-electron chi connectivity index (χ0n) is 12.2. The van der Waals surface area contributed by atoms with Crippen molar-refractivity contribution in [1.82, 2.24) is 9.88 Å². The molecule has 108 valence electrons. The second kappa shape index (κ2) is 5.19. The van der Waals surface area contributed by atoms with E-state index in [-0.39, 0.29) is 0 Å². The number of aromatic nitrogens is 1. The Morgan fingerprint density at radius 3 is 2.65 bits per heavy atom. The first-order valence-corrected chi connectivity index (χ1v) is 7.31. The van der Waals surface area contributed by atoms with Crippen LogP contribution in [-0.4, -0.2) is 40.2 Å². The van der Waals surface area contributed by atoms with Gasteiger partial charge in [-0.05, 0) is 51.9 Å². The van der Waals surface area contributed by atoms with Crippen LogP contribution >= 0.6 is 0 Å². The molecule has 0 radical (unpaired) electrons. The quantitative estimate of drug-likeness (QED) is 0.935. The van der Waals surface area contributed by atoms with E-state index in [2.05, 4.69) is 9.88 Å². The Morgan fingerprint density at radius 1 is 1.30 bits per heavy atom. The maximum atomic E-state index is 9.88. The first kappa shape index (κ1) is 13.6. The summed E-state index contributed by atoms with van der Waals surface area (Å²) in [6.45, 7) is 6.44. The molecule has 0 unspecified atom stereocenters. The number of piperidine rings is 1. The molecule has 1 fully saturated rings. The first-order valence-electron chi connectivity index (χ1n) is 7.31. The number of nitrogens with zero attached hydrogens (tertiary/aromatic N) is 2. The summed E-state index contributed by atoms with van der Waals surface area (Å²) in [7, 11) is 0. The molecule has 1 N–H and O–H groups in total. The third-order valence-corrected chi connectivity index (χ3v) is 3.86. The van der Waals surface area contributed by atoms with Crippen molar-refractivity contribution < 1.29 is 9.52 Å². The van der Waals surface area contributed by atoms with E-state index in [9.17, 15) is 5.11 Å². The van der Waals surface area contributed by atoms with Gasteiger partial charge in [0, 0.05) is 12.5 Å². The minimum atomic E-state index is -0.621. The molecule has 1 aromatic heterocycles. The van der Waals surface area contributed by atoms with E-state index < -0.39 is 5.60 Å². The summed E-state index contributed by atoms with van der Waals surface area (Å²) in [5, 5.41) is 9.88. The molecule has 1 aromatic carbocycles. The SMILES string of the molecule is CC(C)(O)CN1CCC(c2nc3ccccc3o2)CC1. The van der Waals surface area contributed by atoms with Gasteiger partial charge >= 0.3 is 0 Å². The third kappa shape index (κ3) is 3.02. The van der Waals surface area contributed by atoms with Crippen LogP contribution in [0.3, 0.4) is 0 Å². The Labute approximate surface area is 119 Å². The minimum Gasteiger partial charge on any atom is -0.440 e. The standard InChI is InChI=1S/C16H22N2O2/c1-16(2,19)11-18-9-7-12(8-10-18)15-17-13-5-3-4-6-14(13)20-15/h3-6,12,19H,7-11H2,1-2H3. The van der Waals surface area contributed by atoms with E-state index in [1.54, 1.807) is 0 Å². The largest absolute Gasteiger partial charge is 0.440 e. The molecule has 4 heteroatoms. The summed E-state index contributed by atoms with van der Waals surface area (Å²) in [5.41, 5.74) is 1.20. The number of hydrogen-bond donors (Lipinski definition) is 1. The number of aliphatic hydroxyl groups is 1. The summed E-state index contributed by atoms with van der Waals surface area (Å²) >= 11 is 0. The van der Waals surface area contributed by atoms with Gasteiger partial charge in [-0.25, -0.2) is 4.98 Å². The van der Waals surface area contributed by atoms with E-state index >= 15 is 0 Å². The van der Waals surface area contributed by atoms with Gasteiger partial charge in [-0.15, -0.1) is 0 Å². The summed E-state index contributed by atoms with van der Waals surface area (Å²) < 4.78 is 5.86. The van der Waals surface area contributed by atoms with Gasteiger partial charge in [0.05, 0.1) is 5.60 Å². The fourth-order valence-corrected chi connectivity index (χ4v) is 2.95. The lowest BCUT2D eigenvalue weighted by atomic mass is 9.95. The van der Waals surface area contributed by atoms with Crippen molar-refractivity contribution >= 4 is 11.1 Å². The Hall–Kier alpha value is -1.39. The number of likely N-dealkylation sites (tertiary alicyclic amines) is 1. The highest BCUT2D eigenvalue weighted by Gasteiger charge is 2.27. The van der Waals surface area contributed by atoms with Crippen molar-refractivity contribution in [2.45, 2.75) is 38.2 Å². The van der Waals surface area contributed by atoms with Crippen molar-refractivity contribution in [1.29, 1.82) is 0 Å². The van der Waals surface area contributed by atoms with E-state index in [1.165, 1.54) is 0 Å². The highest BCUT2D eigenvalue weighted by Crippen LogP contribution is 2.30. The van der Waals surface area contributed by atoms with Crippen molar-refractivity contribution in [2.24, 2.45) is 0 Å². The Balaban J connectivity index is 1.66. The average molecular weight is 274 g/mol. The number of hydrogen-bond acceptors (Lipinski definition) is 4. The average Bonchev–Trinajstić information content (AvgIpc) is 2.81. The highest BCUT2D eigenvalue weighted by molar-refractivity contribution is 5.72. The Bertz CT molecular complexity index is 544. The molecule has 0 aliphatic carbocycles. The molecule has 2 heterocycles. The van der Waals surface area contributed by atoms with Crippen LogP contribution < -0.4 is 0 Å². The molecule has 0 spiro atoms. The molecule has 20 heavy (non-hydrogen) atoms. The van der Waals surface area contributed by atoms with Gasteiger partial charge in [0.1, 0.15) is 5.52 Å². The lowest BCUT2D eigenvalue weighted by molar-refractivity contribution is 0.0273. The number of rotatable bonds is 3. The molecule has 1 saturated heterocycles. The van der Waals surface area contributed by atoms with Gasteiger partial charge in [0.2, 0.25) is 0 Å². The molecule has 4 nitrogen and oxygen atoms in total. The van der Waals surface area contributed by atoms with Crippen LogP contribution in [0.5, 0.6) is 0 Å². The van der Waals surface area contributed by atoms with Crippen molar-refractivity contribution in [3.8, 4) is 0 Å². The lowest BCUT2D eigenvalue weighted by Crippen LogP contribution is -2.42. The molecule has 0 saturated carbocycles. The molecule has 1 aliphatic rings. The van der Waals surface area contributed by atoms with Crippen molar-refractivity contribution in [2.75, 3.05) is 19.6 Å². The van der Waals surface area contributed by atoms with E-state index in [1.807, 2.05) is 38.1 Å². The second-order valence-electron chi connectivity index (χ2n) is 6.38. The van der Waals surface area contributed by atoms with Crippen LogP contribution in [0, 0.1) is 0 Å². The molecular formula is C16H22N2O2. The van der Waals surface area contributed by atoms with Crippen LogP contribution in [0.4, 0.5) is 0 Å². The highest BCUT2D eigenvalue weighted by atomic mass is 16.3. The molecule has 0 atom stereocenters. The van der Waals surface area contributed by atoms with E-state index in [4.69, 9.17) is 4.42 Å².